The van der Waals surface area contributed by atoms with Crippen molar-refractivity contribution in [1.82, 2.24) is 10.2 Å². The summed E-state index contributed by atoms with van der Waals surface area (Å²) in [6, 6.07) is 0. The van der Waals surface area contributed by atoms with Crippen LogP contribution in [0.15, 0.2) is 0 Å². The van der Waals surface area contributed by atoms with Crippen molar-refractivity contribution in [3.8, 4) is 0 Å². The Kier molecular flexibility index (Phi) is 11.4. The molecule has 0 atom stereocenters. The van der Waals surface area contributed by atoms with Crippen molar-refractivity contribution in [3.05, 3.63) is 0 Å². The molecule has 0 aliphatic carbocycles. The lowest BCUT2D eigenvalue weighted by Gasteiger charge is -2.22. The lowest BCUT2D eigenvalue weighted by Crippen LogP contribution is -2.41. The van der Waals surface area contributed by atoms with Gasteiger partial charge in [-0.1, -0.05) is 6.92 Å². The van der Waals surface area contributed by atoms with E-state index in [9.17, 15) is 4.79 Å². The summed E-state index contributed by atoms with van der Waals surface area (Å²) in [5, 5.41) is 3.12. The molecular weight excluding hydrogens is 220 g/mol. The lowest BCUT2D eigenvalue weighted by atomic mass is 10.3. The minimum atomic E-state index is 0.131. The molecule has 0 aliphatic heterocycles. The number of ether oxygens (including phenoxy) is 2. The number of hydrogen-bond acceptors (Lipinski definition) is 4. The van der Waals surface area contributed by atoms with Crippen LogP contribution in [0.4, 0.5) is 0 Å². The molecule has 1 N–H and O–H groups in total. The van der Waals surface area contributed by atoms with Crippen molar-refractivity contribution in [2.24, 2.45) is 0 Å². The van der Waals surface area contributed by atoms with Crippen molar-refractivity contribution in [2.75, 3.05) is 53.6 Å². The van der Waals surface area contributed by atoms with Crippen LogP contribution in [0.1, 0.15) is 19.8 Å². The molecule has 0 aromatic rings. The molecule has 1 amide bonds. The zero-order chi connectivity index (χ0) is 12.9. The predicted molar refractivity (Wildman–Crippen MR) is 68.1 cm³/mol. The van der Waals surface area contributed by atoms with Crippen molar-refractivity contribution in [2.45, 2.75) is 19.8 Å². The van der Waals surface area contributed by atoms with E-state index >= 15 is 0 Å². The van der Waals surface area contributed by atoms with Gasteiger partial charge in [-0.15, -0.1) is 0 Å². The molecule has 0 heterocycles. The fourth-order valence-corrected chi connectivity index (χ4v) is 1.45. The molecule has 0 aromatic carbocycles. The van der Waals surface area contributed by atoms with Crippen LogP contribution in [-0.2, 0) is 14.3 Å². The average Bonchev–Trinajstić information content (AvgIpc) is 2.33. The molecule has 0 bridgehead atoms. The standard InChI is InChI=1S/C12H26N2O3/c1-4-6-13-11-12(15)14(8-10-17-3)7-5-9-16-2/h13H,4-11H2,1-3H3. The van der Waals surface area contributed by atoms with Gasteiger partial charge in [-0.2, -0.15) is 0 Å². The zero-order valence-electron chi connectivity index (χ0n) is 11.3. The highest BCUT2D eigenvalue weighted by Crippen LogP contribution is 1.94. The Bertz CT molecular complexity index is 189. The average molecular weight is 246 g/mol. The van der Waals surface area contributed by atoms with E-state index in [0.29, 0.717) is 26.3 Å². The van der Waals surface area contributed by atoms with Gasteiger partial charge < -0.3 is 19.7 Å². The third kappa shape index (κ3) is 9.09. The summed E-state index contributed by atoms with van der Waals surface area (Å²) in [5.74, 6) is 0.131. The number of carbonyl (C=O) groups excluding carboxylic acids is 1. The van der Waals surface area contributed by atoms with Crippen LogP contribution in [0, 0.1) is 0 Å². The lowest BCUT2D eigenvalue weighted by molar-refractivity contribution is -0.131. The number of rotatable bonds is 11. The van der Waals surface area contributed by atoms with Gasteiger partial charge in [0.05, 0.1) is 13.2 Å². The largest absolute Gasteiger partial charge is 0.385 e. The molecule has 0 saturated heterocycles. The molecule has 17 heavy (non-hydrogen) atoms. The Balaban J connectivity index is 3.91. The smallest absolute Gasteiger partial charge is 0.236 e. The molecule has 0 aromatic heterocycles. The minimum absolute atomic E-state index is 0.131. The van der Waals surface area contributed by atoms with E-state index in [-0.39, 0.29) is 5.91 Å². The van der Waals surface area contributed by atoms with Crippen LogP contribution in [0.2, 0.25) is 0 Å². The van der Waals surface area contributed by atoms with Gasteiger partial charge in [0.15, 0.2) is 0 Å². The van der Waals surface area contributed by atoms with Gasteiger partial charge in [-0.05, 0) is 19.4 Å². The summed E-state index contributed by atoms with van der Waals surface area (Å²) in [7, 11) is 3.32. The first-order valence-electron chi connectivity index (χ1n) is 6.22. The van der Waals surface area contributed by atoms with Crippen LogP contribution in [0.25, 0.3) is 0 Å². The number of amides is 1. The van der Waals surface area contributed by atoms with Crippen LogP contribution < -0.4 is 5.32 Å². The molecule has 5 nitrogen and oxygen atoms in total. The maximum absolute atomic E-state index is 11.9. The highest BCUT2D eigenvalue weighted by atomic mass is 16.5. The number of carbonyl (C=O) groups is 1. The molecular formula is C12H26N2O3. The highest BCUT2D eigenvalue weighted by Gasteiger charge is 2.11. The van der Waals surface area contributed by atoms with Gasteiger partial charge in [0.2, 0.25) is 5.91 Å². The van der Waals surface area contributed by atoms with Gasteiger partial charge in [0.25, 0.3) is 0 Å². The van der Waals surface area contributed by atoms with E-state index in [4.69, 9.17) is 9.47 Å². The van der Waals surface area contributed by atoms with Gasteiger partial charge in [-0.3, -0.25) is 4.79 Å². The molecule has 0 fully saturated rings. The third-order valence-electron chi connectivity index (χ3n) is 2.40. The van der Waals surface area contributed by atoms with E-state index in [0.717, 1.165) is 25.9 Å². The molecule has 0 aliphatic rings. The molecule has 5 heteroatoms. The molecule has 0 unspecified atom stereocenters. The molecule has 0 spiro atoms. The van der Waals surface area contributed by atoms with E-state index in [1.54, 1.807) is 14.2 Å². The minimum Gasteiger partial charge on any atom is -0.385 e. The predicted octanol–water partition coefficient (Wildman–Crippen LogP) is 0.498. The Morgan fingerprint density at radius 2 is 1.88 bits per heavy atom. The van der Waals surface area contributed by atoms with E-state index in [2.05, 4.69) is 12.2 Å². The zero-order valence-corrected chi connectivity index (χ0v) is 11.3. The SMILES string of the molecule is CCCNCC(=O)N(CCCOC)CCOC. The van der Waals surface area contributed by atoms with Gasteiger partial charge in [0, 0.05) is 33.9 Å². The summed E-state index contributed by atoms with van der Waals surface area (Å²) < 4.78 is 10.00. The van der Waals surface area contributed by atoms with Crippen molar-refractivity contribution >= 4 is 5.91 Å². The van der Waals surface area contributed by atoms with E-state index in [1.165, 1.54) is 0 Å². The van der Waals surface area contributed by atoms with Crippen LogP contribution >= 0.6 is 0 Å². The van der Waals surface area contributed by atoms with Gasteiger partial charge in [-0.25, -0.2) is 0 Å². The number of methoxy groups -OCH3 is 2. The van der Waals surface area contributed by atoms with Crippen molar-refractivity contribution < 1.29 is 14.3 Å². The maximum Gasteiger partial charge on any atom is 0.236 e. The van der Waals surface area contributed by atoms with Crippen LogP contribution in [0.3, 0.4) is 0 Å². The summed E-state index contributed by atoms with van der Waals surface area (Å²) in [4.78, 5) is 13.7. The van der Waals surface area contributed by atoms with E-state index in [1.807, 2.05) is 4.90 Å². The quantitative estimate of drug-likeness (QED) is 0.539. The first kappa shape index (κ1) is 16.4. The summed E-state index contributed by atoms with van der Waals surface area (Å²) >= 11 is 0. The fourth-order valence-electron chi connectivity index (χ4n) is 1.45. The van der Waals surface area contributed by atoms with Crippen LogP contribution in [-0.4, -0.2) is 64.4 Å². The second-order valence-corrected chi connectivity index (χ2v) is 3.90. The van der Waals surface area contributed by atoms with Crippen molar-refractivity contribution in [3.63, 3.8) is 0 Å². The second kappa shape index (κ2) is 11.8. The molecule has 0 radical (unpaired) electrons. The van der Waals surface area contributed by atoms with Crippen molar-refractivity contribution in [1.29, 1.82) is 0 Å². The summed E-state index contributed by atoms with van der Waals surface area (Å²) in [6.45, 7) is 5.99. The van der Waals surface area contributed by atoms with Crippen LogP contribution in [0.5, 0.6) is 0 Å². The summed E-state index contributed by atoms with van der Waals surface area (Å²) in [5.41, 5.74) is 0. The number of hydrogen-bond donors (Lipinski definition) is 1. The topological polar surface area (TPSA) is 50.8 Å². The second-order valence-electron chi connectivity index (χ2n) is 3.90. The first-order valence-corrected chi connectivity index (χ1v) is 6.22. The number of nitrogens with zero attached hydrogens (tertiary/aromatic N) is 1. The molecule has 0 saturated carbocycles. The third-order valence-corrected chi connectivity index (χ3v) is 2.40. The Morgan fingerprint density at radius 3 is 2.47 bits per heavy atom. The van der Waals surface area contributed by atoms with E-state index < -0.39 is 0 Å². The van der Waals surface area contributed by atoms with Gasteiger partial charge in [0.1, 0.15) is 0 Å². The monoisotopic (exact) mass is 246 g/mol. The van der Waals surface area contributed by atoms with Gasteiger partial charge >= 0.3 is 0 Å². The Hall–Kier alpha value is -0.650. The maximum atomic E-state index is 11.9. The Labute approximate surface area is 104 Å². The highest BCUT2D eigenvalue weighted by molar-refractivity contribution is 5.78. The molecule has 0 rings (SSSR count). The summed E-state index contributed by atoms with van der Waals surface area (Å²) in [6.07, 6.45) is 1.90. The Morgan fingerprint density at radius 1 is 1.18 bits per heavy atom. The first-order chi connectivity index (χ1) is 8.26. The normalized spacial score (nSPS) is 10.5. The molecule has 102 valence electrons. The number of nitrogens with one attached hydrogen (secondary N) is 1. The fraction of sp³-hybridized carbons (Fsp3) is 0.917.